The highest BCUT2D eigenvalue weighted by Gasteiger charge is 2.09. The third-order valence-corrected chi connectivity index (χ3v) is 2.18. The summed E-state index contributed by atoms with van der Waals surface area (Å²) in [5, 5.41) is 9.11. The van der Waals surface area contributed by atoms with E-state index in [0.29, 0.717) is 10.6 Å². The summed E-state index contributed by atoms with van der Waals surface area (Å²) in [4.78, 5) is 0. The van der Waals surface area contributed by atoms with Crippen molar-refractivity contribution in [2.75, 3.05) is 0 Å². The molecule has 1 aromatic carbocycles. The minimum Gasteiger partial charge on any atom is -0.321 e. The molecule has 0 saturated heterocycles. The summed E-state index contributed by atoms with van der Waals surface area (Å²) in [7, 11) is 0. The molecule has 0 bridgehead atoms. The van der Waals surface area contributed by atoms with Crippen LogP contribution >= 0.6 is 11.6 Å². The SMILES string of the molecule is C=C[C@H](N)c1cccc(C#N)c1Cl. The van der Waals surface area contributed by atoms with Crippen LogP contribution in [0.25, 0.3) is 0 Å². The third kappa shape index (κ3) is 1.89. The summed E-state index contributed by atoms with van der Waals surface area (Å²) in [5.74, 6) is 0. The normalized spacial score (nSPS) is 11.8. The van der Waals surface area contributed by atoms with E-state index < -0.39 is 0 Å². The van der Waals surface area contributed by atoms with Gasteiger partial charge in [0.25, 0.3) is 0 Å². The standard InChI is InChI=1S/C10H9ClN2/c1-2-9(13)8-5-3-4-7(6-12)10(8)11/h2-5,9H,1,13H2/t9-/m0/s1. The van der Waals surface area contributed by atoms with E-state index in [0.717, 1.165) is 5.56 Å². The summed E-state index contributed by atoms with van der Waals surface area (Å²) >= 11 is 5.93. The smallest absolute Gasteiger partial charge is 0.101 e. The number of halogens is 1. The molecule has 2 N–H and O–H groups in total. The van der Waals surface area contributed by atoms with E-state index in [1.54, 1.807) is 24.3 Å². The van der Waals surface area contributed by atoms with E-state index in [2.05, 4.69) is 6.58 Å². The van der Waals surface area contributed by atoms with E-state index in [1.165, 1.54) is 0 Å². The second-order valence-corrected chi connectivity index (χ2v) is 2.96. The number of nitriles is 1. The number of nitrogens with zero attached hydrogens (tertiary/aromatic N) is 1. The molecule has 0 aromatic heterocycles. The van der Waals surface area contributed by atoms with Crippen LogP contribution in [0.2, 0.25) is 5.02 Å². The zero-order valence-corrected chi connectivity index (χ0v) is 7.75. The summed E-state index contributed by atoms with van der Waals surface area (Å²) in [5.41, 5.74) is 6.88. The minimum atomic E-state index is -0.319. The lowest BCUT2D eigenvalue weighted by molar-refractivity contribution is 0.914. The van der Waals surface area contributed by atoms with Crippen LogP contribution in [-0.2, 0) is 0 Å². The van der Waals surface area contributed by atoms with E-state index in [1.807, 2.05) is 6.07 Å². The zero-order chi connectivity index (χ0) is 9.84. The highest BCUT2D eigenvalue weighted by atomic mass is 35.5. The average Bonchev–Trinajstić information content (AvgIpc) is 2.17. The minimum absolute atomic E-state index is 0.319. The van der Waals surface area contributed by atoms with Gasteiger partial charge in [-0.2, -0.15) is 5.26 Å². The highest BCUT2D eigenvalue weighted by molar-refractivity contribution is 6.32. The summed E-state index contributed by atoms with van der Waals surface area (Å²) in [6.07, 6.45) is 1.59. The summed E-state index contributed by atoms with van der Waals surface area (Å²) < 4.78 is 0. The van der Waals surface area contributed by atoms with E-state index >= 15 is 0 Å². The van der Waals surface area contributed by atoms with Crippen LogP contribution in [0.1, 0.15) is 17.2 Å². The van der Waals surface area contributed by atoms with Crippen molar-refractivity contribution in [2.45, 2.75) is 6.04 Å². The van der Waals surface area contributed by atoms with Gasteiger partial charge in [0.05, 0.1) is 10.6 Å². The zero-order valence-electron chi connectivity index (χ0n) is 7.00. The molecule has 0 fully saturated rings. The predicted octanol–water partition coefficient (Wildman–Crippen LogP) is 2.40. The molecule has 0 unspecified atom stereocenters. The molecule has 0 heterocycles. The van der Waals surface area contributed by atoms with Gasteiger partial charge in [-0.3, -0.25) is 0 Å². The van der Waals surface area contributed by atoms with Crippen molar-refractivity contribution >= 4 is 11.6 Å². The molecule has 1 aromatic rings. The number of benzene rings is 1. The molecule has 0 spiro atoms. The Balaban J connectivity index is 3.25. The first kappa shape index (κ1) is 9.79. The molecule has 1 rings (SSSR count). The van der Waals surface area contributed by atoms with Gasteiger partial charge in [0.15, 0.2) is 0 Å². The van der Waals surface area contributed by atoms with Gasteiger partial charge in [0.1, 0.15) is 6.07 Å². The molecule has 0 aliphatic rings. The Labute approximate surface area is 82.2 Å². The van der Waals surface area contributed by atoms with Crippen LogP contribution in [0, 0.1) is 11.3 Å². The maximum Gasteiger partial charge on any atom is 0.101 e. The van der Waals surface area contributed by atoms with Crippen molar-refractivity contribution in [1.29, 1.82) is 5.26 Å². The Morgan fingerprint density at radius 3 is 2.85 bits per heavy atom. The lowest BCUT2D eigenvalue weighted by Gasteiger charge is -2.09. The fourth-order valence-corrected chi connectivity index (χ4v) is 1.31. The summed E-state index contributed by atoms with van der Waals surface area (Å²) in [6.45, 7) is 3.57. The molecular formula is C10H9ClN2. The van der Waals surface area contributed by atoms with Crippen LogP contribution < -0.4 is 5.73 Å². The van der Waals surface area contributed by atoms with Crippen molar-refractivity contribution in [3.05, 3.63) is 47.0 Å². The Hall–Kier alpha value is -1.30. The Morgan fingerprint density at radius 2 is 2.31 bits per heavy atom. The second kappa shape index (κ2) is 4.08. The Kier molecular flexibility index (Phi) is 3.07. The molecule has 0 aliphatic carbocycles. The molecule has 0 radical (unpaired) electrons. The van der Waals surface area contributed by atoms with Crippen molar-refractivity contribution < 1.29 is 0 Å². The number of nitrogens with two attached hydrogens (primary N) is 1. The predicted molar refractivity (Wildman–Crippen MR) is 53.3 cm³/mol. The lowest BCUT2D eigenvalue weighted by Crippen LogP contribution is -2.07. The average molecular weight is 193 g/mol. The third-order valence-electron chi connectivity index (χ3n) is 1.76. The van der Waals surface area contributed by atoms with Gasteiger partial charge in [-0.1, -0.05) is 29.8 Å². The molecule has 66 valence electrons. The quantitative estimate of drug-likeness (QED) is 0.732. The van der Waals surface area contributed by atoms with Crippen molar-refractivity contribution in [3.8, 4) is 6.07 Å². The second-order valence-electron chi connectivity index (χ2n) is 2.58. The molecule has 0 aliphatic heterocycles. The number of rotatable bonds is 2. The first-order chi connectivity index (χ1) is 6.20. The molecular weight excluding hydrogens is 184 g/mol. The number of hydrogen-bond donors (Lipinski definition) is 1. The monoisotopic (exact) mass is 192 g/mol. The number of hydrogen-bond acceptors (Lipinski definition) is 2. The van der Waals surface area contributed by atoms with Crippen molar-refractivity contribution in [3.63, 3.8) is 0 Å². The maximum absolute atomic E-state index is 8.70. The van der Waals surface area contributed by atoms with Gasteiger partial charge in [-0.15, -0.1) is 6.58 Å². The molecule has 2 nitrogen and oxygen atoms in total. The fourth-order valence-electron chi connectivity index (χ4n) is 1.02. The van der Waals surface area contributed by atoms with Crippen molar-refractivity contribution in [2.24, 2.45) is 5.73 Å². The topological polar surface area (TPSA) is 49.8 Å². The molecule has 0 amide bonds. The molecule has 13 heavy (non-hydrogen) atoms. The van der Waals surface area contributed by atoms with Crippen LogP contribution in [0.4, 0.5) is 0 Å². The lowest BCUT2D eigenvalue weighted by atomic mass is 10.1. The largest absolute Gasteiger partial charge is 0.321 e. The van der Waals surface area contributed by atoms with E-state index in [4.69, 9.17) is 22.6 Å². The van der Waals surface area contributed by atoms with Gasteiger partial charge in [0, 0.05) is 6.04 Å². The molecule has 0 saturated carbocycles. The highest BCUT2D eigenvalue weighted by Crippen LogP contribution is 2.25. The Bertz CT molecular complexity index is 366. The van der Waals surface area contributed by atoms with Gasteiger partial charge in [-0.25, -0.2) is 0 Å². The van der Waals surface area contributed by atoms with Crippen molar-refractivity contribution in [1.82, 2.24) is 0 Å². The van der Waals surface area contributed by atoms with E-state index in [-0.39, 0.29) is 6.04 Å². The van der Waals surface area contributed by atoms with Gasteiger partial charge in [0.2, 0.25) is 0 Å². The van der Waals surface area contributed by atoms with Gasteiger partial charge < -0.3 is 5.73 Å². The van der Waals surface area contributed by atoms with Crippen LogP contribution in [0.3, 0.4) is 0 Å². The Morgan fingerprint density at radius 1 is 1.62 bits per heavy atom. The van der Waals surface area contributed by atoms with Gasteiger partial charge in [-0.05, 0) is 11.6 Å². The van der Waals surface area contributed by atoms with Crippen LogP contribution in [0.15, 0.2) is 30.9 Å². The maximum atomic E-state index is 8.70. The fraction of sp³-hybridized carbons (Fsp3) is 0.100. The van der Waals surface area contributed by atoms with Crippen LogP contribution in [-0.4, -0.2) is 0 Å². The van der Waals surface area contributed by atoms with Gasteiger partial charge >= 0.3 is 0 Å². The van der Waals surface area contributed by atoms with E-state index in [9.17, 15) is 0 Å². The first-order valence-electron chi connectivity index (χ1n) is 3.77. The first-order valence-corrected chi connectivity index (χ1v) is 4.15. The molecule has 3 heteroatoms. The molecule has 1 atom stereocenters. The van der Waals surface area contributed by atoms with Crippen LogP contribution in [0.5, 0.6) is 0 Å². The summed E-state index contributed by atoms with van der Waals surface area (Å²) in [6, 6.07) is 6.87.